The number of alkyl halides is 3. The van der Waals surface area contributed by atoms with E-state index in [1.165, 1.54) is 28.0 Å². The van der Waals surface area contributed by atoms with Gasteiger partial charge in [-0.2, -0.15) is 25.9 Å². The lowest BCUT2D eigenvalue weighted by atomic mass is 9.75. The molecule has 1 aromatic carbocycles. The lowest BCUT2D eigenvalue weighted by molar-refractivity contribution is -0.336. The third kappa shape index (κ3) is 14.5. The Morgan fingerprint density at radius 3 is 2.13 bits per heavy atom. The van der Waals surface area contributed by atoms with Gasteiger partial charge < -0.3 is 69.5 Å². The van der Waals surface area contributed by atoms with Gasteiger partial charge in [-0.05, 0) is 119 Å². The number of methoxy groups -OCH3 is 1. The molecule has 0 amide bonds. The van der Waals surface area contributed by atoms with Gasteiger partial charge in [0.1, 0.15) is 35.1 Å². The van der Waals surface area contributed by atoms with Gasteiger partial charge in [0.25, 0.3) is 0 Å². The molecule has 3 aliphatic rings. The number of nitrogens with zero attached hydrogens (tertiary/aromatic N) is 2. The molecule has 23 heteroatoms. The van der Waals surface area contributed by atoms with Crippen molar-refractivity contribution in [2.45, 2.75) is 191 Å². The molecule has 0 aromatic heterocycles. The van der Waals surface area contributed by atoms with Crippen LogP contribution in [0.5, 0.6) is 0 Å². The van der Waals surface area contributed by atoms with Gasteiger partial charge in [-0.15, -0.1) is 0 Å². The minimum absolute atomic E-state index is 0.0110. The van der Waals surface area contributed by atoms with Crippen LogP contribution in [-0.2, 0) is 49.6 Å². The average molecular weight is 1040 g/mol. The summed E-state index contributed by atoms with van der Waals surface area (Å²) in [5.41, 5.74) is -7.75. The summed E-state index contributed by atoms with van der Waals surface area (Å²) in [6, 6.07) is 1.47. The van der Waals surface area contributed by atoms with E-state index in [1.54, 1.807) is 48.5 Å². The Kier molecular flexibility index (Phi) is 20.8. The quantitative estimate of drug-likeness (QED) is 0.0930. The zero-order chi connectivity index (χ0) is 53.8. The Labute approximate surface area is 418 Å². The van der Waals surface area contributed by atoms with E-state index in [9.17, 15) is 51.9 Å². The highest BCUT2D eigenvalue weighted by Crippen LogP contribution is 2.43. The molecule has 3 aliphatic heterocycles. The molecule has 8 N–H and O–H groups in total. The molecule has 0 spiro atoms. The molecule has 0 radical (unpaired) electrons. The van der Waals surface area contributed by atoms with Crippen molar-refractivity contribution >= 4 is 21.9 Å². The van der Waals surface area contributed by atoms with Crippen molar-refractivity contribution < 1.29 is 80.3 Å². The summed E-state index contributed by atoms with van der Waals surface area (Å²) in [7, 11) is 1.99. The molecule has 0 bridgehead atoms. The number of carbonyl (C=O) groups is 1. The second kappa shape index (κ2) is 24.1. The summed E-state index contributed by atoms with van der Waals surface area (Å²) in [4.78, 5) is 16.5. The summed E-state index contributed by atoms with van der Waals surface area (Å²) in [5, 5.41) is 66.8. The van der Waals surface area contributed by atoms with Crippen molar-refractivity contribution in [3.63, 3.8) is 0 Å². The third-order valence-electron chi connectivity index (χ3n) is 15.0. The van der Waals surface area contributed by atoms with Crippen molar-refractivity contribution in [3.8, 4) is 0 Å². The van der Waals surface area contributed by atoms with Gasteiger partial charge in [0, 0.05) is 57.9 Å². The summed E-state index contributed by atoms with van der Waals surface area (Å²) < 4.78 is 109. The number of anilines is 1. The zero-order valence-corrected chi connectivity index (χ0v) is 44.7. The molecular formula is C48H84F3N5O14S. The number of halogens is 3. The van der Waals surface area contributed by atoms with Crippen LogP contribution in [0.3, 0.4) is 0 Å². The number of benzene rings is 1. The Balaban J connectivity index is 1.78. The van der Waals surface area contributed by atoms with Gasteiger partial charge in [-0.3, -0.25) is 9.52 Å². The number of aliphatic hydroxyl groups is 5. The highest BCUT2D eigenvalue weighted by Gasteiger charge is 2.58. The SMILES string of the molecule is CC[C@H]1OC(=O)[C@H](C)[C@@H](O[C@H]2C[C@@](C)(OC)[C@](O)(CNCCN(C)C)[C@H](C)O2)[C@H](C)[C@@H](O[C@@H]2O[C@H](C)C[C@H](N(C)S(=O)(=O)Nc3ccc(C(F)(F)F)cc3)[C@H]2O)[C@](C)(O)C[C@@H](C)CN[C@H](C)[C@@H](O)[C@]1(C)O. The molecular weight excluding hydrogens is 960 g/mol. The Morgan fingerprint density at radius 1 is 0.944 bits per heavy atom. The molecule has 1 aromatic rings. The number of carbonyl (C=O) groups excluding carboxylic acids is 1. The molecule has 18 atom stereocenters. The molecule has 19 nitrogen and oxygen atoms in total. The van der Waals surface area contributed by atoms with Gasteiger partial charge in [0.15, 0.2) is 12.6 Å². The van der Waals surface area contributed by atoms with Crippen LogP contribution in [-0.4, -0.2) is 193 Å². The second-order valence-corrected chi connectivity index (χ2v) is 23.0. The smallest absolute Gasteiger partial charge is 0.416 e. The first-order valence-corrected chi connectivity index (χ1v) is 26.0. The zero-order valence-electron chi connectivity index (χ0n) is 43.9. The van der Waals surface area contributed by atoms with Crippen LogP contribution in [0.2, 0.25) is 0 Å². The maximum absolute atomic E-state index is 14.5. The fraction of sp³-hybridized carbons (Fsp3) is 0.854. The molecule has 0 saturated carbocycles. The lowest BCUT2D eigenvalue weighted by Gasteiger charge is -2.53. The number of likely N-dealkylation sites (N-methyl/N-ethyl adjacent to an activating group) is 2. The van der Waals surface area contributed by atoms with E-state index in [0.29, 0.717) is 13.1 Å². The Hall–Kier alpha value is -2.33. The van der Waals surface area contributed by atoms with Gasteiger partial charge in [-0.25, -0.2) is 0 Å². The van der Waals surface area contributed by atoms with Crippen LogP contribution in [0, 0.1) is 17.8 Å². The van der Waals surface area contributed by atoms with E-state index in [4.69, 9.17) is 28.4 Å². The van der Waals surface area contributed by atoms with Crippen molar-refractivity contribution in [2.75, 3.05) is 59.2 Å². The van der Waals surface area contributed by atoms with Gasteiger partial charge in [0.05, 0.1) is 47.5 Å². The molecule has 4 rings (SSSR count). The van der Waals surface area contributed by atoms with Crippen LogP contribution in [0.4, 0.5) is 18.9 Å². The van der Waals surface area contributed by atoms with Gasteiger partial charge in [0.2, 0.25) is 0 Å². The predicted molar refractivity (Wildman–Crippen MR) is 258 cm³/mol. The molecule has 3 saturated heterocycles. The van der Waals surface area contributed by atoms with E-state index < -0.39 is 130 Å². The van der Waals surface area contributed by atoms with Crippen molar-refractivity contribution in [3.05, 3.63) is 29.8 Å². The first-order valence-electron chi connectivity index (χ1n) is 24.6. The summed E-state index contributed by atoms with van der Waals surface area (Å²) >= 11 is 0. The summed E-state index contributed by atoms with van der Waals surface area (Å²) in [5.74, 6) is -3.43. The van der Waals surface area contributed by atoms with Gasteiger partial charge in [-0.1, -0.05) is 20.8 Å². The Bertz CT molecular complexity index is 1970. The molecule has 3 fully saturated rings. The van der Waals surface area contributed by atoms with Crippen LogP contribution in [0.15, 0.2) is 24.3 Å². The van der Waals surface area contributed by atoms with Crippen LogP contribution >= 0.6 is 0 Å². The van der Waals surface area contributed by atoms with E-state index in [0.717, 1.165) is 28.6 Å². The minimum Gasteiger partial charge on any atom is -0.459 e. The summed E-state index contributed by atoms with van der Waals surface area (Å²) in [6.45, 7) is 18.0. The second-order valence-electron chi connectivity index (χ2n) is 21.2. The maximum Gasteiger partial charge on any atom is 0.416 e. The van der Waals surface area contributed by atoms with E-state index in [-0.39, 0.29) is 50.4 Å². The van der Waals surface area contributed by atoms with E-state index >= 15 is 0 Å². The molecule has 412 valence electrons. The Morgan fingerprint density at radius 2 is 1.56 bits per heavy atom. The highest BCUT2D eigenvalue weighted by molar-refractivity contribution is 7.90. The fourth-order valence-corrected chi connectivity index (χ4v) is 11.5. The third-order valence-corrected chi connectivity index (χ3v) is 16.5. The number of cyclic esters (lactones) is 1. The number of esters is 1. The molecule has 0 aliphatic carbocycles. The normalized spacial score (nSPS) is 40.8. The number of rotatable bonds is 15. The maximum atomic E-state index is 14.5. The van der Waals surface area contributed by atoms with Crippen LogP contribution < -0.4 is 15.4 Å². The van der Waals surface area contributed by atoms with E-state index in [1.807, 2.05) is 25.9 Å². The van der Waals surface area contributed by atoms with Crippen molar-refractivity contribution in [1.29, 1.82) is 0 Å². The van der Waals surface area contributed by atoms with Crippen LogP contribution in [0.1, 0.15) is 100 Å². The van der Waals surface area contributed by atoms with E-state index in [2.05, 4.69) is 15.4 Å². The van der Waals surface area contributed by atoms with Crippen LogP contribution in [0.25, 0.3) is 0 Å². The predicted octanol–water partition coefficient (Wildman–Crippen LogP) is 2.83. The number of ether oxygens (including phenoxy) is 6. The number of hydrogen-bond donors (Lipinski definition) is 8. The number of nitrogens with one attached hydrogen (secondary N) is 3. The topological polar surface area (TPSA) is 250 Å². The summed E-state index contributed by atoms with van der Waals surface area (Å²) in [6.07, 6.45) is -16.0. The standard InChI is InChI=1S/C48H84F3N5O14S/c1-15-36-46(10,61)40(58)31(6)53-25-27(2)23-44(8,60)41(70-43-38(57)35(22-28(3)66-43)56(13)71(63,64)54-34-18-16-33(17-19-34)48(49,50)51)29(4)39(30(5)42(59)68-36)69-37-24-45(9,65-14)47(62,32(7)67-37)26-52-20-21-55(11)12/h16-19,27-32,35-41,43,52-54,57-58,60-62H,15,20-26H2,1-14H3/t27-,28-,29+,30-,31-,32+,35+,36-,37+,38-,39+,40-,41-,43+,44-,45-,46-,47+/m1/s1. The molecule has 0 unspecified atom stereocenters. The number of hydrogen-bond acceptors (Lipinski definition) is 17. The van der Waals surface area contributed by atoms with Crippen molar-refractivity contribution in [2.24, 2.45) is 17.8 Å². The monoisotopic (exact) mass is 1040 g/mol. The average Bonchev–Trinajstić information content (AvgIpc) is 3.27. The fourth-order valence-electron chi connectivity index (χ4n) is 10.3. The highest BCUT2D eigenvalue weighted by atomic mass is 32.2. The minimum atomic E-state index is -4.65. The van der Waals surface area contributed by atoms with Gasteiger partial charge >= 0.3 is 22.4 Å². The molecule has 71 heavy (non-hydrogen) atoms. The largest absolute Gasteiger partial charge is 0.459 e. The first kappa shape index (κ1) is 61.2. The first-order chi connectivity index (χ1) is 32.6. The number of aliphatic hydroxyl groups excluding tert-OH is 2. The van der Waals surface area contributed by atoms with Crippen molar-refractivity contribution in [1.82, 2.24) is 19.8 Å². The lowest BCUT2D eigenvalue weighted by Crippen LogP contribution is -2.70. The molecule has 3 heterocycles.